The summed E-state index contributed by atoms with van der Waals surface area (Å²) in [4.78, 5) is 0. The van der Waals surface area contributed by atoms with Crippen LogP contribution in [0.15, 0.2) is 73.1 Å². The second kappa shape index (κ2) is 9.63. The van der Waals surface area contributed by atoms with Crippen LogP contribution in [0.25, 0.3) is 21.5 Å². The van der Waals surface area contributed by atoms with Gasteiger partial charge < -0.3 is 0 Å². The Hall–Kier alpha value is -4.06. The standard InChI is InChI=1S/C29H24N2/c1-3-5-11-21-31-23-19-25-13-8-10-15-27(25)29(31)17-16-28-26-14-9-7-12-24(26)18-22-30(28)20-6-4-2/h2,7-10,12-15,18-19,22-23H,6,11,20-21H2,1H3/q+2. The predicted octanol–water partition coefficient (Wildman–Crippen LogP) is 4.40. The minimum atomic E-state index is 0.668. The Labute approximate surface area is 184 Å². The molecular formula is C29H24N2+2. The molecule has 0 saturated heterocycles. The van der Waals surface area contributed by atoms with Crippen molar-refractivity contribution in [3.05, 3.63) is 84.4 Å². The van der Waals surface area contributed by atoms with Crippen LogP contribution < -0.4 is 9.13 Å². The van der Waals surface area contributed by atoms with Crippen molar-refractivity contribution < 1.29 is 9.13 Å². The van der Waals surface area contributed by atoms with Crippen molar-refractivity contribution in [3.63, 3.8) is 0 Å². The molecule has 0 atom stereocenters. The van der Waals surface area contributed by atoms with Crippen LogP contribution in [-0.2, 0) is 13.1 Å². The number of benzene rings is 2. The normalized spacial score (nSPS) is 10.1. The number of hydrogen-bond acceptors (Lipinski definition) is 0. The van der Waals surface area contributed by atoms with Crippen LogP contribution in [0.2, 0.25) is 0 Å². The molecule has 0 aliphatic carbocycles. The lowest BCUT2D eigenvalue weighted by molar-refractivity contribution is -0.698. The van der Waals surface area contributed by atoms with Gasteiger partial charge in [0.25, 0.3) is 11.4 Å². The highest BCUT2D eigenvalue weighted by Crippen LogP contribution is 2.17. The van der Waals surface area contributed by atoms with Gasteiger partial charge in [-0.3, -0.25) is 0 Å². The smallest absolute Gasteiger partial charge is 0.190 e. The van der Waals surface area contributed by atoms with E-state index in [2.05, 4.69) is 112 Å². The summed E-state index contributed by atoms with van der Waals surface area (Å²) in [5, 5.41) is 4.64. The average Bonchev–Trinajstić information content (AvgIpc) is 2.82. The summed E-state index contributed by atoms with van der Waals surface area (Å²) in [6.45, 7) is 3.43. The lowest BCUT2D eigenvalue weighted by atomic mass is 10.1. The van der Waals surface area contributed by atoms with Crippen LogP contribution in [0.4, 0.5) is 0 Å². The van der Waals surface area contributed by atoms with Crippen molar-refractivity contribution in [2.75, 3.05) is 0 Å². The van der Waals surface area contributed by atoms with Crippen molar-refractivity contribution >= 4 is 21.5 Å². The first-order chi connectivity index (χ1) is 15.3. The van der Waals surface area contributed by atoms with E-state index in [0.29, 0.717) is 6.42 Å². The Kier molecular flexibility index (Phi) is 6.28. The largest absolute Gasteiger partial charge is 0.265 e. The second-order valence-corrected chi connectivity index (χ2v) is 7.27. The molecule has 2 heteroatoms. The molecule has 0 radical (unpaired) electrons. The molecular weight excluding hydrogens is 376 g/mol. The molecule has 0 aliphatic heterocycles. The molecule has 0 aliphatic rings. The molecule has 0 amide bonds. The third-order valence-electron chi connectivity index (χ3n) is 5.33. The van der Waals surface area contributed by atoms with E-state index < -0.39 is 0 Å². The molecule has 0 bridgehead atoms. The van der Waals surface area contributed by atoms with Crippen molar-refractivity contribution in [1.82, 2.24) is 0 Å². The molecule has 0 spiro atoms. The van der Waals surface area contributed by atoms with E-state index in [9.17, 15) is 0 Å². The second-order valence-electron chi connectivity index (χ2n) is 7.27. The number of aromatic nitrogens is 2. The maximum atomic E-state index is 5.53. The van der Waals surface area contributed by atoms with Crippen LogP contribution in [-0.4, -0.2) is 0 Å². The Bertz CT molecular complexity index is 1420. The fourth-order valence-corrected chi connectivity index (χ4v) is 3.77. The Morgan fingerprint density at radius 1 is 0.710 bits per heavy atom. The van der Waals surface area contributed by atoms with Crippen molar-refractivity contribution in [1.29, 1.82) is 0 Å². The van der Waals surface area contributed by atoms with Gasteiger partial charge in [-0.1, -0.05) is 42.3 Å². The van der Waals surface area contributed by atoms with Gasteiger partial charge in [-0.15, -0.1) is 18.3 Å². The molecule has 2 heterocycles. The Morgan fingerprint density at radius 2 is 1.23 bits per heavy atom. The number of hydrogen-bond donors (Lipinski definition) is 0. The molecule has 2 aromatic carbocycles. The SMILES string of the molecule is C#CCC[n+]1ccc2ccccc2c1C#Cc1c2ccccc2cc[n+]1CCC#CC. The first-order valence-electron chi connectivity index (χ1n) is 10.5. The third kappa shape index (κ3) is 4.43. The summed E-state index contributed by atoms with van der Waals surface area (Å²) in [5.41, 5.74) is 1.99. The quantitative estimate of drug-likeness (QED) is 0.354. The van der Waals surface area contributed by atoms with E-state index >= 15 is 0 Å². The first-order valence-corrected chi connectivity index (χ1v) is 10.5. The van der Waals surface area contributed by atoms with Crippen LogP contribution in [0.3, 0.4) is 0 Å². The zero-order chi connectivity index (χ0) is 21.5. The van der Waals surface area contributed by atoms with Crippen molar-refractivity contribution in [2.24, 2.45) is 0 Å². The highest BCUT2D eigenvalue weighted by atomic mass is 15.0. The van der Waals surface area contributed by atoms with Gasteiger partial charge in [0.1, 0.15) is 0 Å². The molecule has 0 saturated carbocycles. The van der Waals surface area contributed by atoms with E-state index in [1.807, 2.05) is 6.92 Å². The van der Waals surface area contributed by atoms with Gasteiger partial charge >= 0.3 is 0 Å². The summed E-state index contributed by atoms with van der Waals surface area (Å²) in [7, 11) is 0. The number of terminal acetylenes is 1. The minimum Gasteiger partial charge on any atom is -0.190 e. The van der Waals surface area contributed by atoms with Gasteiger partial charge in [0.15, 0.2) is 25.5 Å². The summed E-state index contributed by atoms with van der Waals surface area (Å²) in [6, 6.07) is 21.0. The summed E-state index contributed by atoms with van der Waals surface area (Å²) >= 11 is 0. The maximum absolute atomic E-state index is 5.53. The molecule has 2 nitrogen and oxygen atoms in total. The van der Waals surface area contributed by atoms with E-state index in [4.69, 9.17) is 6.42 Å². The number of pyridine rings is 2. The summed E-state index contributed by atoms with van der Waals surface area (Å²) in [6.07, 6.45) is 11.2. The lowest BCUT2D eigenvalue weighted by Crippen LogP contribution is -2.38. The van der Waals surface area contributed by atoms with E-state index in [1.54, 1.807) is 0 Å². The van der Waals surface area contributed by atoms with Crippen molar-refractivity contribution in [3.8, 4) is 36.0 Å². The number of fused-ring (bicyclic) bond motifs is 2. The molecule has 148 valence electrons. The summed E-state index contributed by atoms with van der Waals surface area (Å²) < 4.78 is 4.36. The first kappa shape index (κ1) is 20.2. The monoisotopic (exact) mass is 400 g/mol. The minimum absolute atomic E-state index is 0.668. The molecule has 31 heavy (non-hydrogen) atoms. The highest BCUT2D eigenvalue weighted by Gasteiger charge is 2.16. The predicted molar refractivity (Wildman–Crippen MR) is 126 cm³/mol. The zero-order valence-corrected chi connectivity index (χ0v) is 17.7. The van der Waals surface area contributed by atoms with Gasteiger partial charge in [0, 0.05) is 24.0 Å². The zero-order valence-electron chi connectivity index (χ0n) is 17.7. The van der Waals surface area contributed by atoms with Gasteiger partial charge in [-0.05, 0) is 29.8 Å². The number of rotatable bonds is 4. The molecule has 4 aromatic rings. The molecule has 0 fully saturated rings. The van der Waals surface area contributed by atoms with Gasteiger partial charge in [-0.2, -0.15) is 9.13 Å². The molecule has 4 rings (SSSR count). The van der Waals surface area contributed by atoms with E-state index in [0.717, 1.165) is 41.7 Å². The maximum Gasteiger partial charge on any atom is 0.265 e. The van der Waals surface area contributed by atoms with E-state index in [-0.39, 0.29) is 0 Å². The van der Waals surface area contributed by atoms with Gasteiger partial charge in [-0.25, -0.2) is 0 Å². The topological polar surface area (TPSA) is 7.76 Å². The molecule has 0 unspecified atom stereocenters. The van der Waals surface area contributed by atoms with E-state index in [1.165, 1.54) is 10.8 Å². The third-order valence-corrected chi connectivity index (χ3v) is 5.33. The summed E-state index contributed by atoms with van der Waals surface area (Å²) in [5.74, 6) is 15.9. The fourth-order valence-electron chi connectivity index (χ4n) is 3.77. The molecule has 0 N–H and O–H groups in total. The van der Waals surface area contributed by atoms with Crippen molar-refractivity contribution in [2.45, 2.75) is 32.9 Å². The number of nitrogens with zero attached hydrogens (tertiary/aromatic N) is 2. The average molecular weight is 401 g/mol. The molecule has 2 aromatic heterocycles. The Balaban J connectivity index is 1.90. The van der Waals surface area contributed by atoms with Crippen LogP contribution in [0.5, 0.6) is 0 Å². The van der Waals surface area contributed by atoms with Crippen LogP contribution in [0, 0.1) is 36.0 Å². The Morgan fingerprint density at radius 3 is 1.74 bits per heavy atom. The fraction of sp³-hybridized carbons (Fsp3) is 0.172. The number of aryl methyl sites for hydroxylation is 2. The van der Waals surface area contributed by atoms with Crippen LogP contribution in [0.1, 0.15) is 31.2 Å². The lowest BCUT2D eigenvalue weighted by Gasteiger charge is -2.03. The van der Waals surface area contributed by atoms with Gasteiger partial charge in [0.05, 0.1) is 23.6 Å². The highest BCUT2D eigenvalue weighted by molar-refractivity contribution is 5.87. The van der Waals surface area contributed by atoms with Gasteiger partial charge in [0.2, 0.25) is 0 Å². The van der Waals surface area contributed by atoms with Crippen LogP contribution >= 0.6 is 0 Å².